The minimum Gasteiger partial charge on any atom is -0.465 e. The molecular weight excluding hydrogens is 716 g/mol. The normalized spacial score (nSPS) is 19.7. The van der Waals surface area contributed by atoms with Gasteiger partial charge in [0.05, 0.1) is 18.7 Å². The summed E-state index contributed by atoms with van der Waals surface area (Å²) in [4.78, 5) is 73.3. The molecule has 1 N–H and O–H groups in total. The van der Waals surface area contributed by atoms with Crippen LogP contribution in [0.4, 0.5) is 15.3 Å². The molecule has 3 aromatic rings. The van der Waals surface area contributed by atoms with Crippen LogP contribution in [0.3, 0.4) is 0 Å². The number of nitrogens with one attached hydrogen (secondary N) is 1. The van der Waals surface area contributed by atoms with Crippen LogP contribution in [0.5, 0.6) is 0 Å². The molecule has 2 aromatic carbocycles. The van der Waals surface area contributed by atoms with Crippen molar-refractivity contribution in [3.63, 3.8) is 0 Å². The first-order valence-corrected chi connectivity index (χ1v) is 20.4. The van der Waals surface area contributed by atoms with Gasteiger partial charge in [0.25, 0.3) is 5.91 Å². The quantitative estimate of drug-likeness (QED) is 0.283. The van der Waals surface area contributed by atoms with Crippen LogP contribution >= 0.6 is 0 Å². The molecule has 302 valence electrons. The summed E-state index contributed by atoms with van der Waals surface area (Å²) in [5.74, 6) is 0.182. The van der Waals surface area contributed by atoms with Crippen LogP contribution in [0.15, 0.2) is 45.6 Å². The van der Waals surface area contributed by atoms with Gasteiger partial charge in [0.2, 0.25) is 0 Å². The van der Waals surface area contributed by atoms with Gasteiger partial charge in [-0.05, 0) is 112 Å². The lowest BCUT2D eigenvalue weighted by Gasteiger charge is -2.41. The van der Waals surface area contributed by atoms with Crippen molar-refractivity contribution in [3.05, 3.63) is 63.6 Å². The first-order valence-electron chi connectivity index (χ1n) is 20.4. The second kappa shape index (κ2) is 17.5. The first kappa shape index (κ1) is 39.4. The smallest absolute Gasteiger partial charge is 0.419 e. The SMILES string of the molecule is CCCOC(=O)CN1CCC(C2CCN(C(=O)[C@@H](Cc3cc(C)c4c(c3)oc(=O)n4C)OC(=O)N3CCC(N4CCc5ccccc5NC4=O)CC3)CC2)CC1. The van der Waals surface area contributed by atoms with Crippen molar-refractivity contribution < 1.29 is 33.1 Å². The fourth-order valence-electron chi connectivity index (χ4n) is 9.21. The van der Waals surface area contributed by atoms with Gasteiger partial charge in [-0.3, -0.25) is 19.1 Å². The maximum absolute atomic E-state index is 14.3. The highest BCUT2D eigenvalue weighted by Gasteiger charge is 2.37. The summed E-state index contributed by atoms with van der Waals surface area (Å²) in [5.41, 5.74) is 4.63. The number of aryl methyl sites for hydroxylation is 2. The van der Waals surface area contributed by atoms with Crippen molar-refractivity contribution in [2.24, 2.45) is 18.9 Å². The Bertz CT molecular complexity index is 1950. The largest absolute Gasteiger partial charge is 0.465 e. The first-order chi connectivity index (χ1) is 27.1. The highest BCUT2D eigenvalue weighted by molar-refractivity contribution is 5.91. The molecule has 56 heavy (non-hydrogen) atoms. The number of hydrogen-bond donors (Lipinski definition) is 1. The molecule has 5 heterocycles. The topological polar surface area (TPSA) is 147 Å². The van der Waals surface area contributed by atoms with E-state index in [1.54, 1.807) is 18.0 Å². The number of para-hydroxylation sites is 1. The number of ether oxygens (including phenoxy) is 2. The average Bonchev–Trinajstić information content (AvgIpc) is 3.38. The van der Waals surface area contributed by atoms with E-state index in [4.69, 9.17) is 13.9 Å². The Morgan fingerprint density at radius 3 is 2.29 bits per heavy atom. The van der Waals surface area contributed by atoms with Crippen LogP contribution in [0.1, 0.15) is 68.6 Å². The van der Waals surface area contributed by atoms with E-state index in [0.29, 0.717) is 81.7 Å². The van der Waals surface area contributed by atoms with Crippen molar-refractivity contribution in [2.45, 2.75) is 83.8 Å². The van der Waals surface area contributed by atoms with Gasteiger partial charge in [0.15, 0.2) is 11.7 Å². The molecule has 0 unspecified atom stereocenters. The number of carbonyl (C=O) groups is 4. The molecule has 1 atom stereocenters. The van der Waals surface area contributed by atoms with E-state index in [-0.39, 0.29) is 30.4 Å². The van der Waals surface area contributed by atoms with Crippen LogP contribution in [0, 0.1) is 18.8 Å². The Hall–Kier alpha value is -4.85. The molecule has 4 aliphatic rings. The third-order valence-corrected chi connectivity index (χ3v) is 12.3. The predicted molar refractivity (Wildman–Crippen MR) is 210 cm³/mol. The molecule has 7 rings (SSSR count). The summed E-state index contributed by atoms with van der Waals surface area (Å²) >= 11 is 0. The number of urea groups is 1. The van der Waals surface area contributed by atoms with Crippen molar-refractivity contribution >= 4 is 40.8 Å². The number of fused-ring (bicyclic) bond motifs is 2. The average molecular weight is 773 g/mol. The van der Waals surface area contributed by atoms with Crippen LogP contribution in [0.2, 0.25) is 0 Å². The zero-order valence-electron chi connectivity index (χ0n) is 33.0. The summed E-state index contributed by atoms with van der Waals surface area (Å²) in [5, 5.41) is 3.05. The fourth-order valence-corrected chi connectivity index (χ4v) is 9.21. The molecule has 4 aliphatic heterocycles. The molecule has 1 aromatic heterocycles. The fraction of sp³-hybridized carbons (Fsp3) is 0.595. The minimum absolute atomic E-state index is 0.0168. The zero-order chi connectivity index (χ0) is 39.3. The number of nitrogens with zero attached hydrogens (tertiary/aromatic N) is 5. The number of esters is 1. The maximum atomic E-state index is 14.3. The Balaban J connectivity index is 0.976. The molecule has 0 radical (unpaired) electrons. The van der Waals surface area contributed by atoms with E-state index < -0.39 is 18.0 Å². The maximum Gasteiger partial charge on any atom is 0.419 e. The van der Waals surface area contributed by atoms with E-state index in [9.17, 15) is 24.0 Å². The van der Waals surface area contributed by atoms with Crippen molar-refractivity contribution in [3.8, 4) is 0 Å². The second-order valence-electron chi connectivity index (χ2n) is 16.0. The lowest BCUT2D eigenvalue weighted by atomic mass is 9.78. The summed E-state index contributed by atoms with van der Waals surface area (Å²) in [6.07, 6.45) is 5.11. The highest BCUT2D eigenvalue weighted by atomic mass is 16.6. The molecule has 14 nitrogen and oxygen atoms in total. The molecule has 3 saturated heterocycles. The summed E-state index contributed by atoms with van der Waals surface area (Å²) in [6, 6.07) is 11.4. The van der Waals surface area contributed by atoms with Gasteiger partial charge < -0.3 is 33.9 Å². The third kappa shape index (κ3) is 8.90. The lowest BCUT2D eigenvalue weighted by Crippen LogP contribution is -2.52. The van der Waals surface area contributed by atoms with Crippen LogP contribution < -0.4 is 11.1 Å². The predicted octanol–water partition coefficient (Wildman–Crippen LogP) is 4.95. The number of benzene rings is 2. The Morgan fingerprint density at radius 2 is 1.57 bits per heavy atom. The van der Waals surface area contributed by atoms with Gasteiger partial charge in [0.1, 0.15) is 0 Å². The molecule has 0 aliphatic carbocycles. The number of aromatic nitrogens is 1. The number of likely N-dealkylation sites (tertiary alicyclic amines) is 3. The Morgan fingerprint density at radius 1 is 0.893 bits per heavy atom. The number of rotatable bonds is 10. The lowest BCUT2D eigenvalue weighted by molar-refractivity contribution is -0.145. The van der Waals surface area contributed by atoms with Crippen LogP contribution in [-0.2, 0) is 39.0 Å². The van der Waals surface area contributed by atoms with Gasteiger partial charge in [-0.25, -0.2) is 14.4 Å². The van der Waals surface area contributed by atoms with Gasteiger partial charge in [-0.1, -0.05) is 31.2 Å². The van der Waals surface area contributed by atoms with E-state index in [1.807, 2.05) is 54.0 Å². The zero-order valence-corrected chi connectivity index (χ0v) is 33.0. The van der Waals surface area contributed by atoms with Gasteiger partial charge in [-0.15, -0.1) is 0 Å². The van der Waals surface area contributed by atoms with Gasteiger partial charge in [-0.2, -0.15) is 0 Å². The molecule has 0 spiro atoms. The van der Waals surface area contributed by atoms with Crippen LogP contribution in [-0.4, -0.2) is 119 Å². The number of amides is 4. The number of carbonyl (C=O) groups excluding carboxylic acids is 4. The molecule has 14 heteroatoms. The summed E-state index contributed by atoms with van der Waals surface area (Å²) < 4.78 is 18.4. The Labute approximate surface area is 328 Å². The van der Waals surface area contributed by atoms with E-state index in [1.165, 1.54) is 4.57 Å². The molecular formula is C42H56N6O8. The summed E-state index contributed by atoms with van der Waals surface area (Å²) in [6.45, 7) is 9.00. The van der Waals surface area contributed by atoms with E-state index >= 15 is 0 Å². The standard InChI is InChI=1S/C42H56N6O8/c1-4-23-54-37(49)27-45-16-9-30(10-17-45)31-11-18-46(19-12-31)39(50)36(26-29-24-28(2)38-35(25-29)55-41(52)44(38)3)56-42(53)47-20-14-33(15-21-47)48-22-13-32-7-5-6-8-34(32)43-40(48)51/h5-8,24-25,30-31,33,36H,4,9-23,26-27H2,1-3H3,(H,43,51)/t36-/m1/s1. The van der Waals surface area contributed by atoms with E-state index in [2.05, 4.69) is 10.2 Å². The van der Waals surface area contributed by atoms with Crippen LogP contribution in [0.25, 0.3) is 11.1 Å². The third-order valence-electron chi connectivity index (χ3n) is 12.3. The monoisotopic (exact) mass is 772 g/mol. The number of hydrogen-bond acceptors (Lipinski definition) is 9. The van der Waals surface area contributed by atoms with E-state index in [0.717, 1.165) is 74.0 Å². The number of piperidine rings is 3. The highest BCUT2D eigenvalue weighted by Crippen LogP contribution is 2.33. The molecule has 0 saturated carbocycles. The Kier molecular flexibility index (Phi) is 12.3. The molecule has 4 amide bonds. The summed E-state index contributed by atoms with van der Waals surface area (Å²) in [7, 11) is 1.66. The van der Waals surface area contributed by atoms with Crippen molar-refractivity contribution in [1.82, 2.24) is 24.2 Å². The van der Waals surface area contributed by atoms with Gasteiger partial charge >= 0.3 is 23.8 Å². The van der Waals surface area contributed by atoms with Crippen molar-refractivity contribution in [2.75, 3.05) is 64.3 Å². The molecule has 3 fully saturated rings. The second-order valence-corrected chi connectivity index (χ2v) is 16.0. The van der Waals surface area contributed by atoms with Gasteiger partial charge in [0, 0.05) is 57.9 Å². The number of anilines is 1. The van der Waals surface area contributed by atoms with Crippen molar-refractivity contribution in [1.29, 1.82) is 0 Å². The minimum atomic E-state index is -1.06. The molecule has 0 bridgehead atoms. The number of oxazole rings is 1.